The molecule has 8 heteroatoms. The zero-order valence-electron chi connectivity index (χ0n) is 11.4. The highest BCUT2D eigenvalue weighted by Crippen LogP contribution is 2.28. The van der Waals surface area contributed by atoms with Crippen LogP contribution in [0, 0.1) is 0 Å². The van der Waals surface area contributed by atoms with Crippen LogP contribution in [-0.4, -0.2) is 60.3 Å². The predicted molar refractivity (Wildman–Crippen MR) is 66.8 cm³/mol. The number of piperidine rings is 1. The molecule has 1 aliphatic heterocycles. The zero-order valence-corrected chi connectivity index (χ0v) is 11.4. The molecule has 0 aromatic carbocycles. The molecule has 1 fully saturated rings. The molecule has 1 rings (SSSR count). The summed E-state index contributed by atoms with van der Waals surface area (Å²) in [5.74, 6) is -1.04. The molecule has 0 radical (unpaired) electrons. The van der Waals surface area contributed by atoms with Crippen LogP contribution >= 0.6 is 0 Å². The Morgan fingerprint density at radius 2 is 2.15 bits per heavy atom. The first-order valence-electron chi connectivity index (χ1n) is 6.52. The Balaban J connectivity index is 2.42. The smallest absolute Gasteiger partial charge is 0.329 e. The Kier molecular flexibility index (Phi) is 6.12. The van der Waals surface area contributed by atoms with Crippen LogP contribution in [0.5, 0.6) is 0 Å². The van der Waals surface area contributed by atoms with Gasteiger partial charge in [0.25, 0.3) is 6.43 Å². The molecule has 0 aromatic rings. The quantitative estimate of drug-likeness (QED) is 0.724. The van der Waals surface area contributed by atoms with E-state index in [1.165, 1.54) is 11.8 Å². The fraction of sp³-hybridized carbons (Fsp3) is 0.833. The number of rotatable bonds is 6. The normalized spacial score (nSPS) is 22.9. The van der Waals surface area contributed by atoms with Crippen molar-refractivity contribution in [1.82, 2.24) is 10.2 Å². The fourth-order valence-corrected chi connectivity index (χ4v) is 2.17. The molecule has 0 saturated carbocycles. The second-order valence-corrected chi connectivity index (χ2v) is 4.89. The van der Waals surface area contributed by atoms with Crippen LogP contribution in [-0.2, 0) is 9.53 Å². The molecule has 2 N–H and O–H groups in total. The molecule has 0 bridgehead atoms. The van der Waals surface area contributed by atoms with Crippen LogP contribution in [0.25, 0.3) is 0 Å². The van der Waals surface area contributed by atoms with Crippen molar-refractivity contribution in [3.8, 4) is 0 Å². The summed E-state index contributed by atoms with van der Waals surface area (Å²) in [4.78, 5) is 24.6. The average molecular weight is 294 g/mol. The van der Waals surface area contributed by atoms with Crippen molar-refractivity contribution in [2.24, 2.45) is 0 Å². The van der Waals surface area contributed by atoms with E-state index in [-0.39, 0.29) is 13.2 Å². The van der Waals surface area contributed by atoms with Gasteiger partial charge in [0.1, 0.15) is 12.1 Å². The maximum atomic E-state index is 12.0. The summed E-state index contributed by atoms with van der Waals surface area (Å²) in [6, 6.07) is -0.504. The molecule has 20 heavy (non-hydrogen) atoms. The summed E-state index contributed by atoms with van der Waals surface area (Å²) in [7, 11) is 0. The third-order valence-corrected chi connectivity index (χ3v) is 3.36. The third kappa shape index (κ3) is 4.29. The number of carboxylic acids is 1. The molecule has 6 nitrogen and oxygen atoms in total. The minimum Gasteiger partial charge on any atom is -0.480 e. The van der Waals surface area contributed by atoms with Crippen LogP contribution in [0.1, 0.15) is 26.2 Å². The lowest BCUT2D eigenvalue weighted by Crippen LogP contribution is -2.60. The van der Waals surface area contributed by atoms with E-state index in [1.54, 1.807) is 0 Å². The zero-order chi connectivity index (χ0) is 15.2. The summed E-state index contributed by atoms with van der Waals surface area (Å²) in [5.41, 5.74) is -1.22. The number of amides is 2. The van der Waals surface area contributed by atoms with Gasteiger partial charge in [-0.15, -0.1) is 0 Å². The van der Waals surface area contributed by atoms with Gasteiger partial charge in [-0.3, -0.25) is 0 Å². The number of hydrogen-bond acceptors (Lipinski definition) is 3. The van der Waals surface area contributed by atoms with Crippen molar-refractivity contribution < 1.29 is 28.2 Å². The largest absolute Gasteiger partial charge is 0.480 e. The molecule has 1 saturated heterocycles. The van der Waals surface area contributed by atoms with Gasteiger partial charge in [-0.1, -0.05) is 0 Å². The highest BCUT2D eigenvalue weighted by Gasteiger charge is 2.43. The molecule has 1 heterocycles. The molecule has 1 unspecified atom stereocenters. The van der Waals surface area contributed by atoms with E-state index in [9.17, 15) is 23.5 Å². The average Bonchev–Trinajstić information content (AvgIpc) is 2.38. The number of carbonyl (C=O) groups excluding carboxylic acids is 1. The van der Waals surface area contributed by atoms with Crippen molar-refractivity contribution in [3.05, 3.63) is 0 Å². The van der Waals surface area contributed by atoms with E-state index in [4.69, 9.17) is 0 Å². The van der Waals surface area contributed by atoms with E-state index < -0.39 is 30.6 Å². The second kappa shape index (κ2) is 7.37. The number of urea groups is 1. The first kappa shape index (κ1) is 16.6. The van der Waals surface area contributed by atoms with Crippen molar-refractivity contribution in [3.63, 3.8) is 0 Å². The third-order valence-electron chi connectivity index (χ3n) is 3.36. The minimum absolute atomic E-state index is 0.0340. The topological polar surface area (TPSA) is 78.9 Å². The maximum Gasteiger partial charge on any atom is 0.329 e. The molecular formula is C12H20F2N2O4. The van der Waals surface area contributed by atoms with Crippen LogP contribution in [0.15, 0.2) is 0 Å². The molecule has 1 atom stereocenters. The van der Waals surface area contributed by atoms with Crippen molar-refractivity contribution in [2.75, 3.05) is 26.3 Å². The maximum absolute atomic E-state index is 12.0. The molecule has 0 aromatic heterocycles. The summed E-state index contributed by atoms with van der Waals surface area (Å²) in [6.45, 7) is 1.24. The Bertz CT molecular complexity index is 354. The summed E-state index contributed by atoms with van der Waals surface area (Å²) in [6.07, 6.45) is -0.636. The minimum atomic E-state index is -2.54. The fourth-order valence-electron chi connectivity index (χ4n) is 2.17. The first-order valence-corrected chi connectivity index (χ1v) is 6.52. The lowest BCUT2D eigenvalue weighted by atomic mass is 9.89. The molecule has 0 aliphatic carbocycles. The summed E-state index contributed by atoms with van der Waals surface area (Å²) < 4.78 is 28.3. The van der Waals surface area contributed by atoms with Gasteiger partial charge < -0.3 is 20.1 Å². The second-order valence-electron chi connectivity index (χ2n) is 4.89. The van der Waals surface area contributed by atoms with Gasteiger partial charge in [-0.25, -0.2) is 18.4 Å². The Morgan fingerprint density at radius 3 is 2.75 bits per heavy atom. The Labute approximate surface area is 116 Å². The van der Waals surface area contributed by atoms with Crippen LogP contribution in [0.2, 0.25) is 0 Å². The van der Waals surface area contributed by atoms with Crippen molar-refractivity contribution >= 4 is 12.0 Å². The van der Waals surface area contributed by atoms with Gasteiger partial charge in [-0.2, -0.15) is 0 Å². The van der Waals surface area contributed by atoms with E-state index in [1.807, 2.05) is 0 Å². The number of hydrogen-bond donors (Lipinski definition) is 2. The Morgan fingerprint density at radius 1 is 1.45 bits per heavy atom. The van der Waals surface area contributed by atoms with Gasteiger partial charge in [0.15, 0.2) is 0 Å². The van der Waals surface area contributed by atoms with E-state index >= 15 is 0 Å². The van der Waals surface area contributed by atoms with Gasteiger partial charge in [0.05, 0.1) is 6.61 Å². The number of aliphatic carboxylic acids is 1. The highest BCUT2D eigenvalue weighted by atomic mass is 19.3. The molecule has 116 valence electrons. The summed E-state index contributed by atoms with van der Waals surface area (Å²) >= 11 is 0. The predicted octanol–water partition coefficient (Wildman–Crippen LogP) is 1.31. The molecular weight excluding hydrogens is 274 g/mol. The lowest BCUT2D eigenvalue weighted by Gasteiger charge is -2.41. The highest BCUT2D eigenvalue weighted by molar-refractivity contribution is 5.86. The van der Waals surface area contributed by atoms with E-state index in [0.29, 0.717) is 13.0 Å². The standard InChI is InChI=1S/C12H20F2N2O4/c1-12(10(17)18)4-2-3-6-16(12)11(19)15-5-7-20-8-9(13)14/h9H,2-8H2,1H3,(H,15,19)(H,17,18). The number of nitrogens with one attached hydrogen (secondary N) is 1. The van der Waals surface area contributed by atoms with Gasteiger partial charge >= 0.3 is 12.0 Å². The monoisotopic (exact) mass is 294 g/mol. The van der Waals surface area contributed by atoms with Crippen molar-refractivity contribution in [2.45, 2.75) is 38.2 Å². The van der Waals surface area contributed by atoms with Gasteiger partial charge in [-0.05, 0) is 26.2 Å². The number of ether oxygens (including phenoxy) is 1. The van der Waals surface area contributed by atoms with Crippen LogP contribution in [0.4, 0.5) is 13.6 Å². The summed E-state index contributed by atoms with van der Waals surface area (Å²) in [5, 5.41) is 11.7. The number of alkyl halides is 2. The molecule has 1 aliphatic rings. The Hall–Kier alpha value is -1.44. The number of halogens is 2. The van der Waals surface area contributed by atoms with Crippen molar-refractivity contribution in [1.29, 1.82) is 0 Å². The SMILES string of the molecule is CC1(C(=O)O)CCCCN1C(=O)NCCOCC(F)F. The number of carbonyl (C=O) groups is 2. The number of carboxylic acid groups (broad SMARTS) is 1. The van der Waals surface area contributed by atoms with E-state index in [0.717, 1.165) is 12.8 Å². The molecule has 2 amide bonds. The molecule has 0 spiro atoms. The van der Waals surface area contributed by atoms with Crippen LogP contribution < -0.4 is 5.32 Å². The van der Waals surface area contributed by atoms with E-state index in [2.05, 4.69) is 10.1 Å². The number of nitrogens with zero attached hydrogens (tertiary/aromatic N) is 1. The first-order chi connectivity index (χ1) is 9.38. The van der Waals surface area contributed by atoms with Crippen LogP contribution in [0.3, 0.4) is 0 Å². The lowest BCUT2D eigenvalue weighted by molar-refractivity contribution is -0.150. The number of likely N-dealkylation sites (tertiary alicyclic amines) is 1. The van der Waals surface area contributed by atoms with Gasteiger partial charge in [0.2, 0.25) is 0 Å². The van der Waals surface area contributed by atoms with Gasteiger partial charge in [0, 0.05) is 13.1 Å².